The number of carboxylic acids is 1. The number of nitrogens with one attached hydrogen (secondary N) is 2. The van der Waals surface area contributed by atoms with E-state index in [4.69, 9.17) is 5.11 Å². The summed E-state index contributed by atoms with van der Waals surface area (Å²) in [6.07, 6.45) is 2.64. The number of carboxylic acid groups (broad SMARTS) is 1. The second kappa shape index (κ2) is 6.91. The summed E-state index contributed by atoms with van der Waals surface area (Å²) in [5, 5.41) is 14.7. The second-order valence-corrected chi connectivity index (χ2v) is 6.71. The van der Waals surface area contributed by atoms with Gasteiger partial charge in [-0.2, -0.15) is 0 Å². The van der Waals surface area contributed by atoms with Gasteiger partial charge in [0, 0.05) is 17.3 Å². The lowest BCUT2D eigenvalue weighted by atomic mass is 10.1. The Bertz CT molecular complexity index is 607. The molecule has 0 aliphatic heterocycles. The van der Waals surface area contributed by atoms with E-state index in [1.54, 1.807) is 13.8 Å². The van der Waals surface area contributed by atoms with Crippen LogP contribution in [0.25, 0.3) is 0 Å². The Morgan fingerprint density at radius 1 is 1.27 bits per heavy atom. The van der Waals surface area contributed by atoms with Crippen molar-refractivity contribution in [1.29, 1.82) is 0 Å². The number of aliphatic carboxylic acids is 1. The molecule has 0 unspecified atom stereocenters. The molecule has 1 heterocycles. The van der Waals surface area contributed by atoms with Crippen molar-refractivity contribution in [2.75, 3.05) is 11.9 Å². The molecule has 1 aliphatic rings. The first-order valence-corrected chi connectivity index (χ1v) is 8.17. The van der Waals surface area contributed by atoms with Gasteiger partial charge < -0.3 is 15.7 Å². The van der Waals surface area contributed by atoms with Crippen molar-refractivity contribution >= 4 is 34.1 Å². The van der Waals surface area contributed by atoms with Crippen LogP contribution in [0.1, 0.15) is 47.5 Å². The van der Waals surface area contributed by atoms with E-state index in [-0.39, 0.29) is 30.7 Å². The number of anilines is 1. The molecule has 0 fully saturated rings. The fourth-order valence-electron chi connectivity index (χ4n) is 2.36. The Kier molecular flexibility index (Phi) is 5.18. The molecule has 6 nitrogen and oxygen atoms in total. The lowest BCUT2D eigenvalue weighted by Gasteiger charge is -2.10. The number of rotatable bonds is 6. The van der Waals surface area contributed by atoms with E-state index in [2.05, 4.69) is 10.6 Å². The number of thiophene rings is 1. The van der Waals surface area contributed by atoms with Gasteiger partial charge in [0.15, 0.2) is 0 Å². The van der Waals surface area contributed by atoms with Gasteiger partial charge in [0.2, 0.25) is 5.91 Å². The number of fused-ring (bicyclic) bond motifs is 1. The normalized spacial score (nSPS) is 13.0. The summed E-state index contributed by atoms with van der Waals surface area (Å²) in [7, 11) is 0. The average Bonchev–Trinajstić information content (AvgIpc) is 2.97. The minimum Gasteiger partial charge on any atom is -0.481 e. The van der Waals surface area contributed by atoms with Gasteiger partial charge in [0.05, 0.1) is 12.0 Å². The molecule has 120 valence electrons. The zero-order chi connectivity index (χ0) is 16.3. The number of amides is 2. The molecule has 0 spiro atoms. The SMILES string of the molecule is CC(C)C(=O)Nc1sc2c(c1C(=O)NCCC(=O)O)CCC2. The van der Waals surface area contributed by atoms with E-state index < -0.39 is 5.97 Å². The fraction of sp³-hybridized carbons (Fsp3) is 0.533. The van der Waals surface area contributed by atoms with E-state index >= 15 is 0 Å². The highest BCUT2D eigenvalue weighted by Crippen LogP contribution is 2.39. The highest BCUT2D eigenvalue weighted by molar-refractivity contribution is 7.17. The van der Waals surface area contributed by atoms with Gasteiger partial charge in [0.1, 0.15) is 5.00 Å². The Morgan fingerprint density at radius 3 is 2.64 bits per heavy atom. The van der Waals surface area contributed by atoms with E-state index in [9.17, 15) is 14.4 Å². The fourth-order valence-corrected chi connectivity index (χ4v) is 3.65. The van der Waals surface area contributed by atoms with Crippen molar-refractivity contribution in [2.45, 2.75) is 39.5 Å². The van der Waals surface area contributed by atoms with Crippen LogP contribution >= 0.6 is 11.3 Å². The number of carbonyl (C=O) groups is 3. The summed E-state index contributed by atoms with van der Waals surface area (Å²) < 4.78 is 0. The van der Waals surface area contributed by atoms with E-state index in [0.717, 1.165) is 29.7 Å². The number of hydrogen-bond donors (Lipinski definition) is 3. The van der Waals surface area contributed by atoms with Crippen molar-refractivity contribution in [3.63, 3.8) is 0 Å². The van der Waals surface area contributed by atoms with Crippen LogP contribution in [0.5, 0.6) is 0 Å². The summed E-state index contributed by atoms with van der Waals surface area (Å²) in [5.74, 6) is -1.55. The zero-order valence-corrected chi connectivity index (χ0v) is 13.5. The van der Waals surface area contributed by atoms with Crippen molar-refractivity contribution < 1.29 is 19.5 Å². The standard InChI is InChI=1S/C15H20N2O4S/c1-8(2)13(20)17-15-12(9-4-3-5-10(9)22-15)14(21)16-7-6-11(18)19/h8H,3-7H2,1-2H3,(H,16,21)(H,17,20)(H,18,19). The summed E-state index contributed by atoms with van der Waals surface area (Å²) in [5.41, 5.74) is 1.51. The van der Waals surface area contributed by atoms with Crippen molar-refractivity contribution in [1.82, 2.24) is 5.32 Å². The maximum atomic E-state index is 12.4. The minimum absolute atomic E-state index is 0.0797. The third kappa shape index (κ3) is 3.65. The predicted molar refractivity (Wildman–Crippen MR) is 84.4 cm³/mol. The molecule has 2 amide bonds. The molecule has 0 bridgehead atoms. The molecule has 0 radical (unpaired) electrons. The van der Waals surface area contributed by atoms with Gasteiger partial charge in [0.25, 0.3) is 5.91 Å². The van der Waals surface area contributed by atoms with Gasteiger partial charge in [-0.25, -0.2) is 0 Å². The summed E-state index contributed by atoms with van der Waals surface area (Å²) in [6, 6.07) is 0. The molecular weight excluding hydrogens is 304 g/mol. The molecule has 1 aromatic rings. The minimum atomic E-state index is -0.954. The molecule has 2 rings (SSSR count). The van der Waals surface area contributed by atoms with E-state index in [1.807, 2.05) is 0 Å². The van der Waals surface area contributed by atoms with Crippen molar-refractivity contribution in [3.05, 3.63) is 16.0 Å². The highest BCUT2D eigenvalue weighted by Gasteiger charge is 2.27. The number of hydrogen-bond acceptors (Lipinski definition) is 4. The Labute approximate surface area is 132 Å². The molecule has 1 aliphatic carbocycles. The summed E-state index contributed by atoms with van der Waals surface area (Å²) in [4.78, 5) is 36.0. The third-order valence-corrected chi connectivity index (χ3v) is 4.74. The average molecular weight is 324 g/mol. The van der Waals surface area contributed by atoms with Crippen LogP contribution in [-0.4, -0.2) is 29.4 Å². The zero-order valence-electron chi connectivity index (χ0n) is 12.7. The van der Waals surface area contributed by atoms with Gasteiger partial charge in [-0.1, -0.05) is 13.8 Å². The number of aryl methyl sites for hydroxylation is 1. The van der Waals surface area contributed by atoms with E-state index in [0.29, 0.717) is 10.6 Å². The van der Waals surface area contributed by atoms with Crippen LogP contribution in [0, 0.1) is 5.92 Å². The van der Waals surface area contributed by atoms with Crippen molar-refractivity contribution in [2.24, 2.45) is 5.92 Å². The molecule has 0 atom stereocenters. The lowest BCUT2D eigenvalue weighted by Crippen LogP contribution is -2.28. The molecule has 0 saturated carbocycles. The Hall–Kier alpha value is -1.89. The first-order chi connectivity index (χ1) is 10.4. The van der Waals surface area contributed by atoms with Crippen molar-refractivity contribution in [3.8, 4) is 0 Å². The molecule has 1 aromatic heterocycles. The summed E-state index contributed by atoms with van der Waals surface area (Å²) >= 11 is 1.45. The van der Waals surface area contributed by atoms with Crippen LogP contribution in [0.3, 0.4) is 0 Å². The first kappa shape index (κ1) is 16.5. The quantitative estimate of drug-likeness (QED) is 0.746. The Morgan fingerprint density at radius 2 is 2.00 bits per heavy atom. The van der Waals surface area contributed by atoms with Gasteiger partial charge in [-0.15, -0.1) is 11.3 Å². The summed E-state index contributed by atoms with van der Waals surface area (Å²) in [6.45, 7) is 3.67. The molecule has 3 N–H and O–H groups in total. The highest BCUT2D eigenvalue weighted by atomic mass is 32.1. The van der Waals surface area contributed by atoms with Crippen LogP contribution in [0.2, 0.25) is 0 Å². The maximum Gasteiger partial charge on any atom is 0.305 e. The van der Waals surface area contributed by atoms with Gasteiger partial charge >= 0.3 is 5.97 Å². The first-order valence-electron chi connectivity index (χ1n) is 7.35. The smallest absolute Gasteiger partial charge is 0.305 e. The monoisotopic (exact) mass is 324 g/mol. The molecule has 22 heavy (non-hydrogen) atoms. The van der Waals surface area contributed by atoms with E-state index in [1.165, 1.54) is 11.3 Å². The number of carbonyl (C=O) groups excluding carboxylic acids is 2. The lowest BCUT2D eigenvalue weighted by molar-refractivity contribution is -0.136. The molecule has 7 heteroatoms. The second-order valence-electron chi connectivity index (χ2n) is 5.61. The van der Waals surface area contributed by atoms with Crippen LogP contribution < -0.4 is 10.6 Å². The predicted octanol–water partition coefficient (Wildman–Crippen LogP) is 2.04. The van der Waals surface area contributed by atoms with Gasteiger partial charge in [-0.3, -0.25) is 14.4 Å². The largest absolute Gasteiger partial charge is 0.481 e. The topological polar surface area (TPSA) is 95.5 Å². The van der Waals surface area contributed by atoms with Crippen LogP contribution in [0.4, 0.5) is 5.00 Å². The molecular formula is C15H20N2O4S. The third-order valence-electron chi connectivity index (χ3n) is 3.53. The van der Waals surface area contributed by atoms with Crippen LogP contribution in [0.15, 0.2) is 0 Å². The maximum absolute atomic E-state index is 12.4. The molecule has 0 aromatic carbocycles. The Balaban J connectivity index is 2.18. The molecule has 0 saturated heterocycles. The van der Waals surface area contributed by atoms with Gasteiger partial charge in [-0.05, 0) is 24.8 Å². The van der Waals surface area contributed by atoms with Crippen LogP contribution in [-0.2, 0) is 22.4 Å².